The van der Waals surface area contributed by atoms with Crippen LogP contribution in [0.25, 0.3) is 5.52 Å². The number of nitrogens with one attached hydrogen (secondary N) is 1. The van der Waals surface area contributed by atoms with Gasteiger partial charge in [-0.2, -0.15) is 0 Å². The van der Waals surface area contributed by atoms with Gasteiger partial charge in [-0.05, 0) is 57.0 Å². The molecule has 0 aliphatic rings. The number of halogens is 1. The number of aromatic nitrogens is 2. The van der Waals surface area contributed by atoms with Gasteiger partial charge in [-0.25, -0.2) is 4.98 Å². The van der Waals surface area contributed by atoms with Crippen LogP contribution in [0, 0.1) is 13.8 Å². The molecule has 28 heavy (non-hydrogen) atoms. The molecule has 1 N–H and O–H groups in total. The smallest absolute Gasteiger partial charge is 0.292 e. The van der Waals surface area contributed by atoms with Crippen LogP contribution in [0.5, 0.6) is 0 Å². The molecule has 0 unspecified atom stereocenters. The molecule has 0 fully saturated rings. The molecule has 146 valence electrons. The lowest BCUT2D eigenvalue weighted by Gasteiger charge is -2.17. The van der Waals surface area contributed by atoms with Gasteiger partial charge in [0.25, 0.3) is 11.8 Å². The SMILES string of the molecule is CCN(CC)C(=O)c1nc(C(=O)Nc2c(C)cc(C)cc2Cl)n2ccccc12. The van der Waals surface area contributed by atoms with Crippen LogP contribution in [0.4, 0.5) is 5.69 Å². The summed E-state index contributed by atoms with van der Waals surface area (Å²) in [5.41, 5.74) is 3.27. The zero-order chi connectivity index (χ0) is 20.4. The lowest BCUT2D eigenvalue weighted by Crippen LogP contribution is -2.31. The Morgan fingerprint density at radius 1 is 1.18 bits per heavy atom. The van der Waals surface area contributed by atoms with Crippen LogP contribution in [0.1, 0.15) is 46.1 Å². The molecule has 0 radical (unpaired) electrons. The Balaban J connectivity index is 2.04. The number of benzene rings is 1. The van der Waals surface area contributed by atoms with Crippen molar-refractivity contribution >= 4 is 34.6 Å². The Hall–Kier alpha value is -2.86. The van der Waals surface area contributed by atoms with E-state index < -0.39 is 5.91 Å². The largest absolute Gasteiger partial charge is 0.338 e. The molecule has 0 saturated heterocycles. The summed E-state index contributed by atoms with van der Waals surface area (Å²) in [4.78, 5) is 31.9. The molecule has 7 heteroatoms. The number of carbonyl (C=O) groups is 2. The van der Waals surface area contributed by atoms with Crippen molar-refractivity contribution < 1.29 is 9.59 Å². The Morgan fingerprint density at radius 2 is 1.89 bits per heavy atom. The average molecular weight is 399 g/mol. The number of pyridine rings is 1. The van der Waals surface area contributed by atoms with Gasteiger partial charge in [0.1, 0.15) is 0 Å². The lowest BCUT2D eigenvalue weighted by molar-refractivity contribution is 0.0769. The van der Waals surface area contributed by atoms with Crippen molar-refractivity contribution in [2.24, 2.45) is 0 Å². The van der Waals surface area contributed by atoms with Gasteiger partial charge in [0.15, 0.2) is 5.69 Å². The predicted molar refractivity (Wildman–Crippen MR) is 111 cm³/mol. The molecule has 3 rings (SSSR count). The molecule has 0 aliphatic heterocycles. The first-order chi connectivity index (χ1) is 13.4. The first-order valence-electron chi connectivity index (χ1n) is 9.21. The Kier molecular flexibility index (Phi) is 5.70. The van der Waals surface area contributed by atoms with E-state index in [2.05, 4.69) is 10.3 Å². The topological polar surface area (TPSA) is 66.7 Å². The number of hydrogen-bond acceptors (Lipinski definition) is 3. The minimum Gasteiger partial charge on any atom is -0.338 e. The Bertz CT molecular complexity index is 1030. The number of anilines is 1. The second-order valence-electron chi connectivity index (χ2n) is 6.61. The molecule has 3 aromatic rings. The van der Waals surface area contributed by atoms with Crippen molar-refractivity contribution in [2.75, 3.05) is 18.4 Å². The van der Waals surface area contributed by atoms with Crippen molar-refractivity contribution in [1.29, 1.82) is 0 Å². The standard InChI is InChI=1S/C21H23ClN4O2/c1-5-25(6-2)21(28)18-16-9-7-8-10-26(16)19(23-18)20(27)24-17-14(4)11-13(3)12-15(17)22/h7-12H,5-6H2,1-4H3,(H,24,27). The number of carbonyl (C=O) groups excluding carboxylic acids is 2. The molecule has 0 bridgehead atoms. The maximum atomic E-state index is 13.0. The van der Waals surface area contributed by atoms with Gasteiger partial charge in [0.05, 0.1) is 16.2 Å². The third-order valence-corrected chi connectivity index (χ3v) is 4.97. The fraction of sp³-hybridized carbons (Fsp3) is 0.286. The second kappa shape index (κ2) is 8.02. The molecule has 2 amide bonds. The Labute approximate surface area is 169 Å². The maximum absolute atomic E-state index is 13.0. The van der Waals surface area contributed by atoms with Crippen LogP contribution in [0.2, 0.25) is 5.02 Å². The molecule has 0 aliphatic carbocycles. The second-order valence-corrected chi connectivity index (χ2v) is 7.02. The van der Waals surface area contributed by atoms with Gasteiger partial charge in [-0.3, -0.25) is 14.0 Å². The zero-order valence-electron chi connectivity index (χ0n) is 16.4. The fourth-order valence-corrected chi connectivity index (χ4v) is 3.63. The summed E-state index contributed by atoms with van der Waals surface area (Å²) < 4.78 is 1.63. The maximum Gasteiger partial charge on any atom is 0.292 e. The summed E-state index contributed by atoms with van der Waals surface area (Å²) in [6.45, 7) is 8.79. The number of rotatable bonds is 5. The third kappa shape index (κ3) is 3.60. The molecular weight excluding hydrogens is 376 g/mol. The van der Waals surface area contributed by atoms with Crippen LogP contribution in [0.15, 0.2) is 36.5 Å². The predicted octanol–water partition coefficient (Wildman–Crippen LogP) is 4.34. The first kappa shape index (κ1) is 19.9. The van der Waals surface area contributed by atoms with Crippen molar-refractivity contribution in [3.63, 3.8) is 0 Å². The highest BCUT2D eigenvalue weighted by molar-refractivity contribution is 6.34. The minimum absolute atomic E-state index is 0.141. The fourth-order valence-electron chi connectivity index (χ4n) is 3.26. The molecular formula is C21H23ClN4O2. The van der Waals surface area contributed by atoms with Crippen molar-refractivity contribution in [3.8, 4) is 0 Å². The molecule has 1 aromatic carbocycles. The molecule has 0 saturated carbocycles. The van der Waals surface area contributed by atoms with Crippen LogP contribution < -0.4 is 5.32 Å². The number of aryl methyl sites for hydroxylation is 2. The summed E-state index contributed by atoms with van der Waals surface area (Å²) in [6, 6.07) is 9.13. The van der Waals surface area contributed by atoms with E-state index in [9.17, 15) is 9.59 Å². The van der Waals surface area contributed by atoms with E-state index in [0.29, 0.717) is 29.3 Å². The van der Waals surface area contributed by atoms with Gasteiger partial charge < -0.3 is 10.2 Å². The average Bonchev–Trinajstić information content (AvgIpc) is 3.05. The van der Waals surface area contributed by atoms with Crippen LogP contribution >= 0.6 is 11.6 Å². The van der Waals surface area contributed by atoms with Gasteiger partial charge in [0.2, 0.25) is 5.82 Å². The molecule has 0 spiro atoms. The molecule has 2 aromatic heterocycles. The van der Waals surface area contributed by atoms with E-state index in [4.69, 9.17) is 11.6 Å². The minimum atomic E-state index is -0.423. The van der Waals surface area contributed by atoms with Gasteiger partial charge in [-0.15, -0.1) is 0 Å². The van der Waals surface area contributed by atoms with Crippen LogP contribution in [0.3, 0.4) is 0 Å². The highest BCUT2D eigenvalue weighted by atomic mass is 35.5. The normalized spacial score (nSPS) is 10.9. The summed E-state index contributed by atoms with van der Waals surface area (Å²) in [5, 5.41) is 3.31. The molecule has 2 heterocycles. The van der Waals surface area contributed by atoms with Crippen LogP contribution in [-0.4, -0.2) is 39.2 Å². The monoisotopic (exact) mass is 398 g/mol. The van der Waals surface area contributed by atoms with E-state index >= 15 is 0 Å². The summed E-state index contributed by atoms with van der Waals surface area (Å²) >= 11 is 6.32. The molecule has 6 nitrogen and oxygen atoms in total. The number of amides is 2. The summed E-state index contributed by atoms with van der Waals surface area (Å²) in [7, 11) is 0. The van der Waals surface area contributed by atoms with E-state index in [-0.39, 0.29) is 17.4 Å². The Morgan fingerprint density at radius 3 is 2.54 bits per heavy atom. The first-order valence-corrected chi connectivity index (χ1v) is 9.59. The van der Waals surface area contributed by atoms with E-state index in [1.807, 2.05) is 39.8 Å². The van der Waals surface area contributed by atoms with E-state index in [0.717, 1.165) is 11.1 Å². The highest BCUT2D eigenvalue weighted by Gasteiger charge is 2.24. The number of fused-ring (bicyclic) bond motifs is 1. The van der Waals surface area contributed by atoms with E-state index in [1.165, 1.54) is 0 Å². The van der Waals surface area contributed by atoms with Crippen molar-refractivity contribution in [1.82, 2.24) is 14.3 Å². The number of nitrogens with zero attached hydrogens (tertiary/aromatic N) is 3. The van der Waals surface area contributed by atoms with E-state index in [1.54, 1.807) is 33.7 Å². The van der Waals surface area contributed by atoms with Gasteiger partial charge >= 0.3 is 0 Å². The number of imidazole rings is 1. The summed E-state index contributed by atoms with van der Waals surface area (Å²) in [5.74, 6) is -0.479. The van der Waals surface area contributed by atoms with Crippen molar-refractivity contribution in [2.45, 2.75) is 27.7 Å². The van der Waals surface area contributed by atoms with Gasteiger partial charge in [0, 0.05) is 19.3 Å². The zero-order valence-corrected chi connectivity index (χ0v) is 17.2. The summed E-state index contributed by atoms with van der Waals surface area (Å²) in [6.07, 6.45) is 1.72. The highest BCUT2D eigenvalue weighted by Crippen LogP contribution is 2.28. The third-order valence-electron chi connectivity index (χ3n) is 4.67. The molecule has 0 atom stereocenters. The quantitative estimate of drug-likeness (QED) is 0.695. The number of hydrogen-bond donors (Lipinski definition) is 1. The van der Waals surface area contributed by atoms with Gasteiger partial charge in [-0.1, -0.05) is 23.7 Å². The van der Waals surface area contributed by atoms with Crippen molar-refractivity contribution in [3.05, 3.63) is 64.2 Å². The lowest BCUT2D eigenvalue weighted by atomic mass is 10.1. The van der Waals surface area contributed by atoms with Crippen LogP contribution in [-0.2, 0) is 0 Å².